The lowest BCUT2D eigenvalue weighted by atomic mass is 9.78. The summed E-state index contributed by atoms with van der Waals surface area (Å²) in [5.41, 5.74) is 0.631. The molecule has 0 saturated carbocycles. The highest BCUT2D eigenvalue weighted by Gasteiger charge is 2.32. The van der Waals surface area contributed by atoms with Crippen molar-refractivity contribution >= 4 is 0 Å². The summed E-state index contributed by atoms with van der Waals surface area (Å²) < 4.78 is 0. The van der Waals surface area contributed by atoms with Crippen LogP contribution in [0.5, 0.6) is 0 Å². The number of likely N-dealkylation sites (tertiary alicyclic amines) is 1. The van der Waals surface area contributed by atoms with E-state index in [1.807, 2.05) is 0 Å². The van der Waals surface area contributed by atoms with E-state index in [4.69, 9.17) is 0 Å². The molecule has 0 N–H and O–H groups in total. The highest BCUT2D eigenvalue weighted by Crippen LogP contribution is 2.41. The zero-order chi connectivity index (χ0) is 7.73. The van der Waals surface area contributed by atoms with Gasteiger partial charge in [-0.1, -0.05) is 12.2 Å². The van der Waals surface area contributed by atoms with Gasteiger partial charge in [0.2, 0.25) is 0 Å². The Hall–Kier alpha value is -0.300. The molecule has 2 rings (SSSR count). The molecule has 0 bridgehead atoms. The Morgan fingerprint density at radius 2 is 1.91 bits per heavy atom. The number of rotatable bonds is 0. The van der Waals surface area contributed by atoms with Gasteiger partial charge in [-0.15, -0.1) is 0 Å². The molecule has 62 valence electrons. The van der Waals surface area contributed by atoms with Crippen LogP contribution >= 0.6 is 0 Å². The average Bonchev–Trinajstić information content (AvgIpc) is 2.45. The summed E-state index contributed by atoms with van der Waals surface area (Å²) in [4.78, 5) is 2.44. The lowest BCUT2D eigenvalue weighted by molar-refractivity contribution is 0.164. The van der Waals surface area contributed by atoms with Crippen molar-refractivity contribution in [3.8, 4) is 0 Å². The predicted octanol–water partition coefficient (Wildman–Crippen LogP) is 2.05. The van der Waals surface area contributed by atoms with Crippen LogP contribution in [0.3, 0.4) is 0 Å². The third-order valence-corrected chi connectivity index (χ3v) is 3.26. The van der Waals surface area contributed by atoms with Crippen molar-refractivity contribution in [1.82, 2.24) is 4.90 Å². The fraction of sp³-hybridized carbons (Fsp3) is 0.800. The fourth-order valence-electron chi connectivity index (χ4n) is 2.27. The smallest absolute Gasteiger partial charge is 0.00135 e. The summed E-state index contributed by atoms with van der Waals surface area (Å²) in [7, 11) is 2.23. The Labute approximate surface area is 69.1 Å². The van der Waals surface area contributed by atoms with Gasteiger partial charge < -0.3 is 4.90 Å². The molecular formula is C10H17N. The van der Waals surface area contributed by atoms with Gasteiger partial charge in [0.05, 0.1) is 0 Å². The molecule has 1 heterocycles. The van der Waals surface area contributed by atoms with E-state index in [1.165, 1.54) is 38.8 Å². The second kappa shape index (κ2) is 2.63. The van der Waals surface area contributed by atoms with Gasteiger partial charge in [0.1, 0.15) is 0 Å². The molecule has 1 saturated heterocycles. The zero-order valence-corrected chi connectivity index (χ0v) is 7.34. The van der Waals surface area contributed by atoms with Gasteiger partial charge in [0.15, 0.2) is 0 Å². The quantitative estimate of drug-likeness (QED) is 0.479. The van der Waals surface area contributed by atoms with Gasteiger partial charge in [-0.3, -0.25) is 0 Å². The van der Waals surface area contributed by atoms with Crippen LogP contribution in [0.4, 0.5) is 0 Å². The van der Waals surface area contributed by atoms with Crippen LogP contribution in [-0.2, 0) is 0 Å². The van der Waals surface area contributed by atoms with Crippen LogP contribution < -0.4 is 0 Å². The normalized spacial score (nSPS) is 29.9. The third-order valence-electron chi connectivity index (χ3n) is 3.26. The first-order valence-electron chi connectivity index (χ1n) is 4.67. The zero-order valence-electron chi connectivity index (χ0n) is 7.34. The summed E-state index contributed by atoms with van der Waals surface area (Å²) in [6.45, 7) is 2.59. The van der Waals surface area contributed by atoms with Crippen LogP contribution in [0.2, 0.25) is 0 Å². The molecule has 1 nitrogen and oxygen atoms in total. The SMILES string of the molecule is CN1CCC2(C=CCC2)CC1. The molecule has 1 heteroatoms. The van der Waals surface area contributed by atoms with E-state index in [0.29, 0.717) is 5.41 Å². The summed E-state index contributed by atoms with van der Waals surface area (Å²) in [6.07, 6.45) is 10.4. The second-order valence-corrected chi connectivity index (χ2v) is 4.11. The number of allylic oxidation sites excluding steroid dienone is 2. The van der Waals surface area contributed by atoms with E-state index in [-0.39, 0.29) is 0 Å². The summed E-state index contributed by atoms with van der Waals surface area (Å²) in [5, 5.41) is 0. The van der Waals surface area contributed by atoms with E-state index in [9.17, 15) is 0 Å². The number of piperidine rings is 1. The molecule has 0 aromatic rings. The number of hydrogen-bond acceptors (Lipinski definition) is 1. The minimum Gasteiger partial charge on any atom is -0.306 e. The third kappa shape index (κ3) is 1.34. The van der Waals surface area contributed by atoms with Crippen molar-refractivity contribution in [2.24, 2.45) is 5.41 Å². The maximum atomic E-state index is 2.47. The van der Waals surface area contributed by atoms with Crippen molar-refractivity contribution in [3.63, 3.8) is 0 Å². The Balaban J connectivity index is 2.00. The number of hydrogen-bond donors (Lipinski definition) is 0. The van der Waals surface area contributed by atoms with Crippen LogP contribution in [0.25, 0.3) is 0 Å². The van der Waals surface area contributed by atoms with Crippen LogP contribution in [0, 0.1) is 5.41 Å². The topological polar surface area (TPSA) is 3.24 Å². The largest absolute Gasteiger partial charge is 0.306 e. The van der Waals surface area contributed by atoms with E-state index >= 15 is 0 Å². The average molecular weight is 151 g/mol. The van der Waals surface area contributed by atoms with E-state index in [2.05, 4.69) is 24.1 Å². The van der Waals surface area contributed by atoms with Gasteiger partial charge in [-0.05, 0) is 51.2 Å². The Bertz CT molecular complexity index is 164. The summed E-state index contributed by atoms with van der Waals surface area (Å²) in [6, 6.07) is 0. The molecule has 0 aromatic carbocycles. The van der Waals surface area contributed by atoms with Crippen molar-refractivity contribution in [3.05, 3.63) is 12.2 Å². The van der Waals surface area contributed by atoms with Crippen molar-refractivity contribution in [1.29, 1.82) is 0 Å². The van der Waals surface area contributed by atoms with Gasteiger partial charge >= 0.3 is 0 Å². The molecule has 1 spiro atoms. The van der Waals surface area contributed by atoms with E-state index < -0.39 is 0 Å². The molecule has 1 aliphatic heterocycles. The first kappa shape index (κ1) is 7.35. The summed E-state index contributed by atoms with van der Waals surface area (Å²) >= 11 is 0. The minimum atomic E-state index is 0.631. The Kier molecular flexibility index (Phi) is 1.76. The highest BCUT2D eigenvalue weighted by molar-refractivity contribution is 5.08. The van der Waals surface area contributed by atoms with Crippen molar-refractivity contribution in [2.75, 3.05) is 20.1 Å². The molecule has 0 unspecified atom stereocenters. The van der Waals surface area contributed by atoms with Crippen molar-refractivity contribution in [2.45, 2.75) is 25.7 Å². The molecule has 0 aromatic heterocycles. The lowest BCUT2D eigenvalue weighted by Gasteiger charge is -2.36. The molecule has 0 amide bonds. The predicted molar refractivity (Wildman–Crippen MR) is 47.5 cm³/mol. The first-order chi connectivity index (χ1) is 5.31. The molecule has 1 fully saturated rings. The van der Waals surface area contributed by atoms with Crippen LogP contribution in [0.1, 0.15) is 25.7 Å². The molecule has 2 aliphatic rings. The Morgan fingerprint density at radius 3 is 2.45 bits per heavy atom. The van der Waals surface area contributed by atoms with Crippen LogP contribution in [-0.4, -0.2) is 25.0 Å². The number of nitrogens with zero attached hydrogens (tertiary/aromatic N) is 1. The lowest BCUT2D eigenvalue weighted by Crippen LogP contribution is -2.35. The van der Waals surface area contributed by atoms with E-state index in [1.54, 1.807) is 0 Å². The monoisotopic (exact) mass is 151 g/mol. The molecule has 0 radical (unpaired) electrons. The summed E-state index contributed by atoms with van der Waals surface area (Å²) in [5.74, 6) is 0. The Morgan fingerprint density at radius 1 is 1.18 bits per heavy atom. The fourth-order valence-corrected chi connectivity index (χ4v) is 2.27. The van der Waals surface area contributed by atoms with Gasteiger partial charge in [-0.2, -0.15) is 0 Å². The molecule has 1 aliphatic carbocycles. The maximum absolute atomic E-state index is 2.47. The van der Waals surface area contributed by atoms with Gasteiger partial charge in [0.25, 0.3) is 0 Å². The van der Waals surface area contributed by atoms with Gasteiger partial charge in [-0.25, -0.2) is 0 Å². The minimum absolute atomic E-state index is 0.631. The molecular weight excluding hydrogens is 134 g/mol. The second-order valence-electron chi connectivity index (χ2n) is 4.11. The highest BCUT2D eigenvalue weighted by atomic mass is 15.1. The van der Waals surface area contributed by atoms with E-state index in [0.717, 1.165) is 0 Å². The molecule has 11 heavy (non-hydrogen) atoms. The first-order valence-corrected chi connectivity index (χ1v) is 4.67. The van der Waals surface area contributed by atoms with Crippen LogP contribution in [0.15, 0.2) is 12.2 Å². The molecule has 0 atom stereocenters. The standard InChI is InChI=1S/C10H17N/c1-11-8-6-10(7-9-11)4-2-3-5-10/h2,4H,3,5-9H2,1H3. The van der Waals surface area contributed by atoms with Gasteiger partial charge in [0, 0.05) is 0 Å². The van der Waals surface area contributed by atoms with Crippen molar-refractivity contribution < 1.29 is 0 Å². The maximum Gasteiger partial charge on any atom is -0.00135 e.